The summed E-state index contributed by atoms with van der Waals surface area (Å²) < 4.78 is 4.69. The topological polar surface area (TPSA) is 29.5 Å². The molecule has 0 unspecified atom stereocenters. The lowest BCUT2D eigenvalue weighted by Crippen LogP contribution is -2.31. The normalized spacial score (nSPS) is 9.36. The van der Waals surface area contributed by atoms with Crippen LogP contribution in [0.15, 0.2) is 12.2 Å². The molecule has 0 aliphatic heterocycles. The molecule has 0 aromatic rings. The van der Waals surface area contributed by atoms with Gasteiger partial charge in [-0.3, -0.25) is 4.79 Å². The van der Waals surface area contributed by atoms with Gasteiger partial charge >= 0.3 is 0 Å². The Hall–Kier alpha value is -0.830. The highest BCUT2D eigenvalue weighted by Gasteiger charge is 2.06. The molecule has 0 aromatic heterocycles. The Kier molecular flexibility index (Phi) is 4.54. The van der Waals surface area contributed by atoms with Gasteiger partial charge in [-0.15, -0.1) is 0 Å². The molecule has 0 aliphatic rings. The number of likely N-dealkylation sites (N-methyl/N-ethyl adjacent to an activating group) is 1. The number of rotatable bonds is 4. The van der Waals surface area contributed by atoms with Crippen LogP contribution in [0.4, 0.5) is 0 Å². The summed E-state index contributed by atoms with van der Waals surface area (Å²) in [6, 6.07) is 0. The minimum Gasteiger partial charge on any atom is -0.375 e. The van der Waals surface area contributed by atoms with Gasteiger partial charge in [0.05, 0.1) is 0 Å². The maximum absolute atomic E-state index is 11.0. The molecular formula is C8H15NO2. The van der Waals surface area contributed by atoms with Crippen LogP contribution in [0.1, 0.15) is 6.92 Å². The summed E-state index contributed by atoms with van der Waals surface area (Å²) in [6.07, 6.45) is 0. The van der Waals surface area contributed by atoms with E-state index in [0.29, 0.717) is 6.54 Å². The highest BCUT2D eigenvalue weighted by Crippen LogP contribution is 1.92. The first-order valence-electron chi connectivity index (χ1n) is 3.45. The number of nitrogens with zero attached hydrogens (tertiary/aromatic N) is 1. The van der Waals surface area contributed by atoms with E-state index in [0.717, 1.165) is 5.57 Å². The molecule has 0 aromatic carbocycles. The highest BCUT2D eigenvalue weighted by molar-refractivity contribution is 5.77. The van der Waals surface area contributed by atoms with Crippen molar-refractivity contribution >= 4 is 5.91 Å². The standard InChI is InChI=1S/C8H15NO2/c1-7(2)5-9(3)8(10)6-11-4/h1,5-6H2,2-4H3. The zero-order valence-corrected chi connectivity index (χ0v) is 7.39. The van der Waals surface area contributed by atoms with Crippen molar-refractivity contribution in [2.24, 2.45) is 0 Å². The summed E-state index contributed by atoms with van der Waals surface area (Å²) in [5, 5.41) is 0. The van der Waals surface area contributed by atoms with E-state index < -0.39 is 0 Å². The Balaban J connectivity index is 3.73. The summed E-state index contributed by atoms with van der Waals surface area (Å²) in [7, 11) is 3.24. The van der Waals surface area contributed by atoms with E-state index in [9.17, 15) is 4.79 Å². The second-order valence-electron chi connectivity index (χ2n) is 2.64. The van der Waals surface area contributed by atoms with Gasteiger partial charge in [0, 0.05) is 20.7 Å². The third-order valence-electron chi connectivity index (χ3n) is 1.20. The number of methoxy groups -OCH3 is 1. The predicted octanol–water partition coefficient (Wildman–Crippen LogP) is 0.667. The minimum absolute atomic E-state index is 0.0181. The van der Waals surface area contributed by atoms with E-state index in [1.165, 1.54) is 7.11 Å². The van der Waals surface area contributed by atoms with Crippen molar-refractivity contribution < 1.29 is 9.53 Å². The highest BCUT2D eigenvalue weighted by atomic mass is 16.5. The molecule has 11 heavy (non-hydrogen) atoms. The molecule has 0 saturated heterocycles. The van der Waals surface area contributed by atoms with E-state index in [1.54, 1.807) is 11.9 Å². The lowest BCUT2D eigenvalue weighted by Gasteiger charge is -2.15. The number of amides is 1. The molecular weight excluding hydrogens is 142 g/mol. The zero-order valence-electron chi connectivity index (χ0n) is 7.39. The van der Waals surface area contributed by atoms with Crippen LogP contribution in [0.2, 0.25) is 0 Å². The predicted molar refractivity (Wildman–Crippen MR) is 44.3 cm³/mol. The van der Waals surface area contributed by atoms with Crippen LogP contribution in [0, 0.1) is 0 Å². The van der Waals surface area contributed by atoms with Gasteiger partial charge in [0.15, 0.2) is 0 Å². The average Bonchev–Trinajstić information content (AvgIpc) is 1.86. The second-order valence-corrected chi connectivity index (χ2v) is 2.64. The third-order valence-corrected chi connectivity index (χ3v) is 1.20. The summed E-state index contributed by atoms with van der Waals surface area (Å²) >= 11 is 0. The Bertz CT molecular complexity index is 154. The van der Waals surface area contributed by atoms with E-state index in [-0.39, 0.29) is 12.5 Å². The molecule has 3 heteroatoms. The maximum atomic E-state index is 11.0. The van der Waals surface area contributed by atoms with Gasteiger partial charge in [0.1, 0.15) is 6.61 Å². The lowest BCUT2D eigenvalue weighted by molar-refractivity contribution is -0.133. The van der Waals surface area contributed by atoms with Crippen molar-refractivity contribution in [3.05, 3.63) is 12.2 Å². The van der Waals surface area contributed by atoms with Crippen LogP contribution in [0.25, 0.3) is 0 Å². The van der Waals surface area contributed by atoms with Crippen LogP contribution >= 0.6 is 0 Å². The number of hydrogen-bond acceptors (Lipinski definition) is 2. The third kappa shape index (κ3) is 4.56. The molecule has 64 valence electrons. The van der Waals surface area contributed by atoms with Crippen molar-refractivity contribution in [1.82, 2.24) is 4.90 Å². The molecule has 0 aliphatic carbocycles. The van der Waals surface area contributed by atoms with Crippen molar-refractivity contribution in [2.75, 3.05) is 27.3 Å². The molecule has 0 heterocycles. The van der Waals surface area contributed by atoms with Crippen LogP contribution in [0.3, 0.4) is 0 Å². The lowest BCUT2D eigenvalue weighted by atomic mass is 10.3. The quantitative estimate of drug-likeness (QED) is 0.561. The average molecular weight is 157 g/mol. The molecule has 1 amide bonds. The number of ether oxygens (including phenoxy) is 1. The molecule has 0 atom stereocenters. The minimum atomic E-state index is -0.0181. The monoisotopic (exact) mass is 157 g/mol. The fourth-order valence-corrected chi connectivity index (χ4v) is 0.727. The summed E-state index contributed by atoms with van der Waals surface area (Å²) in [6.45, 7) is 6.33. The van der Waals surface area contributed by atoms with E-state index >= 15 is 0 Å². The fraction of sp³-hybridized carbons (Fsp3) is 0.625. The molecule has 3 nitrogen and oxygen atoms in total. The van der Waals surface area contributed by atoms with Crippen molar-refractivity contribution in [3.63, 3.8) is 0 Å². The first-order chi connectivity index (χ1) is 5.07. The first-order valence-corrected chi connectivity index (χ1v) is 3.45. The number of carbonyl (C=O) groups is 1. The summed E-state index contributed by atoms with van der Waals surface area (Å²) in [5.41, 5.74) is 0.969. The van der Waals surface area contributed by atoms with Crippen LogP contribution in [-0.4, -0.2) is 38.1 Å². The summed E-state index contributed by atoms with van der Waals surface area (Å²) in [4.78, 5) is 12.6. The van der Waals surface area contributed by atoms with Gasteiger partial charge in [-0.1, -0.05) is 12.2 Å². The van der Waals surface area contributed by atoms with Gasteiger partial charge in [-0.05, 0) is 6.92 Å². The first kappa shape index (κ1) is 10.2. The molecule has 0 spiro atoms. The second kappa shape index (κ2) is 4.91. The SMILES string of the molecule is C=C(C)CN(C)C(=O)COC. The molecule has 0 fully saturated rings. The van der Waals surface area contributed by atoms with E-state index in [1.807, 2.05) is 6.92 Å². The smallest absolute Gasteiger partial charge is 0.248 e. The Morgan fingerprint density at radius 2 is 2.18 bits per heavy atom. The van der Waals surface area contributed by atoms with Crippen LogP contribution in [-0.2, 0) is 9.53 Å². The Labute approximate surface area is 67.6 Å². The van der Waals surface area contributed by atoms with Crippen LogP contribution in [0.5, 0.6) is 0 Å². The van der Waals surface area contributed by atoms with E-state index in [4.69, 9.17) is 0 Å². The Morgan fingerprint density at radius 1 is 1.64 bits per heavy atom. The summed E-state index contributed by atoms with van der Waals surface area (Å²) in [5.74, 6) is -0.0181. The Morgan fingerprint density at radius 3 is 2.55 bits per heavy atom. The largest absolute Gasteiger partial charge is 0.375 e. The molecule has 0 bridgehead atoms. The van der Waals surface area contributed by atoms with Gasteiger partial charge in [0.25, 0.3) is 0 Å². The fourth-order valence-electron chi connectivity index (χ4n) is 0.727. The van der Waals surface area contributed by atoms with Crippen molar-refractivity contribution in [1.29, 1.82) is 0 Å². The molecule has 0 saturated carbocycles. The van der Waals surface area contributed by atoms with Gasteiger partial charge < -0.3 is 9.64 Å². The maximum Gasteiger partial charge on any atom is 0.248 e. The molecule has 0 N–H and O–H groups in total. The van der Waals surface area contributed by atoms with Crippen molar-refractivity contribution in [3.8, 4) is 0 Å². The van der Waals surface area contributed by atoms with Gasteiger partial charge in [-0.25, -0.2) is 0 Å². The van der Waals surface area contributed by atoms with Crippen LogP contribution < -0.4 is 0 Å². The van der Waals surface area contributed by atoms with Crippen molar-refractivity contribution in [2.45, 2.75) is 6.92 Å². The number of carbonyl (C=O) groups excluding carboxylic acids is 1. The van der Waals surface area contributed by atoms with Gasteiger partial charge in [-0.2, -0.15) is 0 Å². The van der Waals surface area contributed by atoms with E-state index in [2.05, 4.69) is 11.3 Å². The zero-order chi connectivity index (χ0) is 8.85. The number of hydrogen-bond donors (Lipinski definition) is 0. The molecule has 0 rings (SSSR count). The van der Waals surface area contributed by atoms with Gasteiger partial charge in [0.2, 0.25) is 5.91 Å². The molecule has 0 radical (unpaired) electrons.